The Bertz CT molecular complexity index is 1130. The molecule has 3 heterocycles. The highest BCUT2D eigenvalue weighted by Crippen LogP contribution is 2.27. The molecule has 3 aromatic rings. The van der Waals surface area contributed by atoms with Crippen LogP contribution in [0.15, 0.2) is 47.1 Å². The number of hydrogen-bond donors (Lipinski definition) is 2. The molecule has 2 aromatic heterocycles. The minimum absolute atomic E-state index is 0.00153. The van der Waals surface area contributed by atoms with Gasteiger partial charge in [0, 0.05) is 49.7 Å². The fraction of sp³-hybridized carbons (Fsp3) is 0.444. The van der Waals surface area contributed by atoms with Gasteiger partial charge in [0.15, 0.2) is 0 Å². The number of nitrogens with one attached hydrogen (secondary N) is 2. The number of aromatic nitrogens is 2. The quantitative estimate of drug-likeness (QED) is 0.489. The van der Waals surface area contributed by atoms with Gasteiger partial charge in [0.25, 0.3) is 5.91 Å². The summed E-state index contributed by atoms with van der Waals surface area (Å²) in [5.74, 6) is 1.03. The van der Waals surface area contributed by atoms with Gasteiger partial charge < -0.3 is 20.1 Å². The zero-order valence-electron chi connectivity index (χ0n) is 20.6. The van der Waals surface area contributed by atoms with E-state index >= 15 is 0 Å². The smallest absolute Gasteiger partial charge is 0.289 e. The van der Waals surface area contributed by atoms with Crippen molar-refractivity contribution in [3.8, 4) is 11.3 Å². The fourth-order valence-corrected chi connectivity index (χ4v) is 4.02. The molecule has 2 N–H and O–H groups in total. The van der Waals surface area contributed by atoms with Gasteiger partial charge in [-0.15, -0.1) is 0 Å². The summed E-state index contributed by atoms with van der Waals surface area (Å²) in [6, 6.07) is 12.1. The summed E-state index contributed by atoms with van der Waals surface area (Å²) in [6.07, 6.45) is 5.67. The third-order valence-corrected chi connectivity index (χ3v) is 6.01. The maximum atomic E-state index is 12.4. The molecule has 4 rings (SSSR count). The van der Waals surface area contributed by atoms with Crippen LogP contribution in [0.25, 0.3) is 11.3 Å². The Morgan fingerprint density at radius 1 is 1.09 bits per heavy atom. The van der Waals surface area contributed by atoms with Crippen molar-refractivity contribution in [1.29, 1.82) is 0 Å². The van der Waals surface area contributed by atoms with Crippen molar-refractivity contribution < 1.29 is 9.32 Å². The molecule has 7 heteroatoms. The first kappa shape index (κ1) is 23.8. The standard InChI is InChI=1S/C27H35N5O2/c1-19-8-9-21(29-17-20-10-11-28-25(14-20)32-12-6-5-7-13-32)15-22(19)23-16-24(34-31-23)26(33)30-18-27(2,3)4/h8-11,14-16,29H,5-7,12-13,17-18H2,1-4H3,(H,30,33). The number of carbonyl (C=O) groups is 1. The van der Waals surface area contributed by atoms with Gasteiger partial charge in [-0.3, -0.25) is 4.79 Å². The highest BCUT2D eigenvalue weighted by molar-refractivity contribution is 5.92. The van der Waals surface area contributed by atoms with Gasteiger partial charge in [-0.25, -0.2) is 4.98 Å². The molecule has 0 bridgehead atoms. The zero-order valence-corrected chi connectivity index (χ0v) is 20.6. The molecular weight excluding hydrogens is 426 g/mol. The van der Waals surface area contributed by atoms with E-state index in [9.17, 15) is 4.79 Å². The first-order chi connectivity index (χ1) is 16.3. The lowest BCUT2D eigenvalue weighted by Gasteiger charge is -2.28. The van der Waals surface area contributed by atoms with E-state index in [0.717, 1.165) is 35.7 Å². The minimum Gasteiger partial charge on any atom is -0.381 e. The van der Waals surface area contributed by atoms with Crippen LogP contribution in [0, 0.1) is 12.3 Å². The average Bonchev–Trinajstić information content (AvgIpc) is 3.32. The summed E-state index contributed by atoms with van der Waals surface area (Å²) in [6.45, 7) is 11.7. The Morgan fingerprint density at radius 2 is 1.88 bits per heavy atom. The third-order valence-electron chi connectivity index (χ3n) is 6.01. The molecule has 1 fully saturated rings. The molecular formula is C27H35N5O2. The minimum atomic E-state index is -0.247. The average molecular weight is 462 g/mol. The molecule has 180 valence electrons. The number of piperidine rings is 1. The van der Waals surface area contributed by atoms with Gasteiger partial charge in [-0.1, -0.05) is 32.0 Å². The topological polar surface area (TPSA) is 83.3 Å². The summed E-state index contributed by atoms with van der Waals surface area (Å²) in [7, 11) is 0. The van der Waals surface area contributed by atoms with E-state index in [1.807, 2.05) is 13.1 Å². The molecule has 0 saturated carbocycles. The van der Waals surface area contributed by atoms with E-state index < -0.39 is 0 Å². The lowest BCUT2D eigenvalue weighted by atomic mass is 9.97. The van der Waals surface area contributed by atoms with Crippen molar-refractivity contribution in [2.75, 3.05) is 29.9 Å². The summed E-state index contributed by atoms with van der Waals surface area (Å²) in [5.41, 5.74) is 4.83. The van der Waals surface area contributed by atoms with E-state index in [1.54, 1.807) is 6.07 Å². The van der Waals surface area contributed by atoms with Gasteiger partial charge in [0.05, 0.1) is 0 Å². The molecule has 1 aromatic carbocycles. The second-order valence-corrected chi connectivity index (χ2v) is 10.3. The molecule has 0 spiro atoms. The Balaban J connectivity index is 1.43. The van der Waals surface area contributed by atoms with E-state index in [0.29, 0.717) is 18.8 Å². The number of rotatable bonds is 7. The largest absolute Gasteiger partial charge is 0.381 e. The van der Waals surface area contributed by atoms with Gasteiger partial charge in [0.1, 0.15) is 11.5 Å². The van der Waals surface area contributed by atoms with Crippen LogP contribution >= 0.6 is 0 Å². The maximum Gasteiger partial charge on any atom is 0.289 e. The summed E-state index contributed by atoms with van der Waals surface area (Å²) in [4.78, 5) is 19.4. The third kappa shape index (κ3) is 6.16. The summed E-state index contributed by atoms with van der Waals surface area (Å²) in [5, 5.41) is 10.6. The van der Waals surface area contributed by atoms with Crippen molar-refractivity contribution in [3.63, 3.8) is 0 Å². The number of amides is 1. The number of nitrogens with zero attached hydrogens (tertiary/aromatic N) is 3. The Hall–Kier alpha value is -3.35. The molecule has 1 aliphatic rings. The van der Waals surface area contributed by atoms with Crippen LogP contribution in [0.1, 0.15) is 61.7 Å². The fourth-order valence-electron chi connectivity index (χ4n) is 4.02. The molecule has 1 aliphatic heterocycles. The Labute approximate surface area is 201 Å². The second-order valence-electron chi connectivity index (χ2n) is 10.3. The lowest BCUT2D eigenvalue weighted by Crippen LogP contribution is -2.31. The number of carbonyl (C=O) groups excluding carboxylic acids is 1. The predicted octanol–water partition coefficient (Wildman–Crippen LogP) is 5.42. The van der Waals surface area contributed by atoms with E-state index in [4.69, 9.17) is 4.52 Å². The number of anilines is 2. The van der Waals surface area contributed by atoms with E-state index in [2.05, 4.69) is 76.8 Å². The predicted molar refractivity (Wildman–Crippen MR) is 136 cm³/mol. The van der Waals surface area contributed by atoms with Crippen molar-refractivity contribution in [2.24, 2.45) is 5.41 Å². The lowest BCUT2D eigenvalue weighted by molar-refractivity contribution is 0.0902. The second kappa shape index (κ2) is 10.3. The Kier molecular flexibility index (Phi) is 7.20. The van der Waals surface area contributed by atoms with Crippen LogP contribution in [-0.4, -0.2) is 35.7 Å². The van der Waals surface area contributed by atoms with Crippen molar-refractivity contribution >= 4 is 17.4 Å². The van der Waals surface area contributed by atoms with Crippen LogP contribution in [0.5, 0.6) is 0 Å². The molecule has 34 heavy (non-hydrogen) atoms. The first-order valence-corrected chi connectivity index (χ1v) is 12.1. The number of aryl methyl sites for hydroxylation is 1. The molecule has 7 nitrogen and oxygen atoms in total. The summed E-state index contributed by atoms with van der Waals surface area (Å²) < 4.78 is 5.35. The Morgan fingerprint density at radius 3 is 2.65 bits per heavy atom. The highest BCUT2D eigenvalue weighted by atomic mass is 16.5. The number of benzene rings is 1. The molecule has 0 atom stereocenters. The first-order valence-electron chi connectivity index (χ1n) is 12.1. The molecule has 0 radical (unpaired) electrons. The molecule has 1 saturated heterocycles. The van der Waals surface area contributed by atoms with E-state index in [-0.39, 0.29) is 17.1 Å². The molecule has 0 aliphatic carbocycles. The normalized spacial score (nSPS) is 14.2. The zero-order chi connectivity index (χ0) is 24.1. The monoisotopic (exact) mass is 461 g/mol. The van der Waals surface area contributed by atoms with Gasteiger partial charge in [0.2, 0.25) is 5.76 Å². The highest BCUT2D eigenvalue weighted by Gasteiger charge is 2.18. The maximum absolute atomic E-state index is 12.4. The van der Waals surface area contributed by atoms with Gasteiger partial charge in [-0.2, -0.15) is 0 Å². The van der Waals surface area contributed by atoms with Crippen LogP contribution in [0.4, 0.5) is 11.5 Å². The van der Waals surface area contributed by atoms with Crippen LogP contribution in [0.2, 0.25) is 0 Å². The number of pyridine rings is 1. The van der Waals surface area contributed by atoms with E-state index in [1.165, 1.54) is 24.8 Å². The van der Waals surface area contributed by atoms with Crippen LogP contribution in [-0.2, 0) is 6.54 Å². The molecule has 1 amide bonds. The molecule has 0 unspecified atom stereocenters. The summed E-state index contributed by atoms with van der Waals surface area (Å²) >= 11 is 0. The van der Waals surface area contributed by atoms with Crippen LogP contribution in [0.3, 0.4) is 0 Å². The SMILES string of the molecule is Cc1ccc(NCc2ccnc(N3CCCCC3)c2)cc1-c1cc(C(=O)NCC(C)(C)C)on1. The number of hydrogen-bond acceptors (Lipinski definition) is 6. The van der Waals surface area contributed by atoms with Gasteiger partial charge in [-0.05, 0) is 67.0 Å². The van der Waals surface area contributed by atoms with Crippen LogP contribution < -0.4 is 15.5 Å². The van der Waals surface area contributed by atoms with Crippen molar-refractivity contribution in [2.45, 2.75) is 53.5 Å². The van der Waals surface area contributed by atoms with Crippen molar-refractivity contribution in [3.05, 3.63) is 59.5 Å². The van der Waals surface area contributed by atoms with Gasteiger partial charge >= 0.3 is 0 Å². The van der Waals surface area contributed by atoms with Crippen molar-refractivity contribution in [1.82, 2.24) is 15.5 Å².